The predicted molar refractivity (Wildman–Crippen MR) is 58.3 cm³/mol. The third-order valence-corrected chi connectivity index (χ3v) is 2.49. The number of esters is 1. The monoisotopic (exact) mass is 292 g/mol. The Bertz CT molecular complexity index is 476. The Labute approximate surface area is 110 Å². The van der Waals surface area contributed by atoms with Crippen molar-refractivity contribution in [2.24, 2.45) is 10.2 Å². The highest BCUT2D eigenvalue weighted by molar-refractivity contribution is 5.66. The highest BCUT2D eigenvalue weighted by Crippen LogP contribution is 2.38. The van der Waals surface area contributed by atoms with Gasteiger partial charge in [-0.1, -0.05) is 10.2 Å². The van der Waals surface area contributed by atoms with Crippen molar-refractivity contribution in [2.45, 2.75) is 37.4 Å². The van der Waals surface area contributed by atoms with E-state index in [1.165, 1.54) is 0 Å². The van der Waals surface area contributed by atoms with Crippen LogP contribution in [-0.4, -0.2) is 48.1 Å². The molecule has 0 bridgehead atoms. The molecule has 0 aromatic carbocycles. The minimum atomic E-state index is -3.88. The summed E-state index contributed by atoms with van der Waals surface area (Å²) in [5.74, 6) is -4.91. The lowest BCUT2D eigenvalue weighted by Crippen LogP contribution is -2.63. The molecule has 12 heteroatoms. The highest BCUT2D eigenvalue weighted by Gasteiger charge is 2.60. The molecule has 1 aliphatic heterocycles. The number of alkyl halides is 2. The van der Waals surface area contributed by atoms with E-state index in [1.807, 2.05) is 0 Å². The fraction of sp³-hybridized carbons (Fsp3) is 0.875. The van der Waals surface area contributed by atoms with Crippen molar-refractivity contribution in [3.8, 4) is 0 Å². The van der Waals surface area contributed by atoms with Gasteiger partial charge in [-0.25, -0.2) is 8.78 Å². The van der Waals surface area contributed by atoms with Gasteiger partial charge in [0.2, 0.25) is 0 Å². The Balaban J connectivity index is 3.13. The normalized spacial score (nSPS) is 31.6. The Morgan fingerprint density at radius 1 is 1.50 bits per heavy atom. The number of carbonyl (C=O) groups is 1. The number of aliphatic hydroxyl groups excluding tert-OH is 1. The lowest BCUT2D eigenvalue weighted by atomic mass is 9.96. The number of halogens is 2. The van der Waals surface area contributed by atoms with Gasteiger partial charge in [-0.15, -0.1) is 0 Å². The molecule has 1 aliphatic rings. The van der Waals surface area contributed by atoms with Crippen LogP contribution >= 0.6 is 0 Å². The molecule has 10 nitrogen and oxygen atoms in total. The predicted octanol–water partition coefficient (Wildman–Crippen LogP) is 1.26. The van der Waals surface area contributed by atoms with Crippen molar-refractivity contribution >= 4 is 5.97 Å². The maximum absolute atomic E-state index is 14.1. The zero-order chi connectivity index (χ0) is 15.3. The molecule has 4 atom stereocenters. The number of rotatable bonds is 4. The topological polar surface area (TPSA) is 153 Å². The van der Waals surface area contributed by atoms with Crippen molar-refractivity contribution in [1.82, 2.24) is 0 Å². The van der Waals surface area contributed by atoms with Crippen LogP contribution in [0.25, 0.3) is 20.9 Å². The van der Waals surface area contributed by atoms with E-state index in [0.717, 1.165) is 6.92 Å². The molecule has 0 spiro atoms. The molecule has 4 unspecified atom stereocenters. The molecule has 20 heavy (non-hydrogen) atoms. The zero-order valence-corrected chi connectivity index (χ0v) is 10.1. The zero-order valence-electron chi connectivity index (χ0n) is 10.1. The molecule has 1 heterocycles. The lowest BCUT2D eigenvalue weighted by Gasteiger charge is -2.42. The summed E-state index contributed by atoms with van der Waals surface area (Å²) >= 11 is 0. The van der Waals surface area contributed by atoms with E-state index in [-0.39, 0.29) is 0 Å². The summed E-state index contributed by atoms with van der Waals surface area (Å²) in [6, 6.07) is -2.26. The Hall–Kier alpha value is -2.13. The van der Waals surface area contributed by atoms with Crippen LogP contribution in [0.4, 0.5) is 8.78 Å². The van der Waals surface area contributed by atoms with E-state index < -0.39 is 43.0 Å². The lowest BCUT2D eigenvalue weighted by molar-refractivity contribution is -0.292. The molecule has 0 aromatic heterocycles. The van der Waals surface area contributed by atoms with Crippen molar-refractivity contribution in [3.05, 3.63) is 20.9 Å². The minimum Gasteiger partial charge on any atom is -0.453 e. The van der Waals surface area contributed by atoms with Gasteiger partial charge < -0.3 is 14.6 Å². The molecule has 1 fully saturated rings. The summed E-state index contributed by atoms with van der Waals surface area (Å²) in [4.78, 5) is 15.4. The Morgan fingerprint density at radius 2 is 2.15 bits per heavy atom. The first kappa shape index (κ1) is 15.9. The molecular formula is C8H10F2N6O4. The largest absolute Gasteiger partial charge is 0.453 e. The summed E-state index contributed by atoms with van der Waals surface area (Å²) in [6.07, 6.45) is -5.83. The summed E-state index contributed by atoms with van der Waals surface area (Å²) in [5.41, 5.74) is 16.4. The molecule has 1 N–H and O–H groups in total. The summed E-state index contributed by atoms with van der Waals surface area (Å²) in [5, 5.41) is 15.2. The summed E-state index contributed by atoms with van der Waals surface area (Å²) < 4.78 is 37.4. The van der Waals surface area contributed by atoms with Crippen LogP contribution in [0.1, 0.15) is 6.92 Å². The molecule has 0 amide bonds. The quantitative estimate of drug-likeness (QED) is 0.358. The molecule has 1 rings (SSSR count). The Morgan fingerprint density at radius 3 is 2.65 bits per heavy atom. The second-order valence-electron chi connectivity index (χ2n) is 3.83. The number of ether oxygens (including phenoxy) is 2. The van der Waals surface area contributed by atoms with E-state index >= 15 is 0 Å². The van der Waals surface area contributed by atoms with E-state index in [9.17, 15) is 18.7 Å². The molecule has 0 aromatic rings. The number of aliphatic hydroxyl groups is 1. The van der Waals surface area contributed by atoms with E-state index in [2.05, 4.69) is 24.8 Å². The smallest absolute Gasteiger partial charge is 0.303 e. The molecule has 0 aliphatic carbocycles. The minimum absolute atomic E-state index is 0.593. The first-order valence-electron chi connectivity index (χ1n) is 5.28. The van der Waals surface area contributed by atoms with Gasteiger partial charge in [0.25, 0.3) is 5.92 Å². The van der Waals surface area contributed by atoms with Gasteiger partial charge in [0.05, 0.1) is 6.54 Å². The van der Waals surface area contributed by atoms with Gasteiger partial charge >= 0.3 is 5.97 Å². The number of carbonyl (C=O) groups excluding carboxylic acids is 1. The van der Waals surface area contributed by atoms with E-state index in [0.29, 0.717) is 0 Å². The fourth-order valence-corrected chi connectivity index (χ4v) is 1.71. The third kappa shape index (κ3) is 3.25. The number of hydrogen-bond acceptors (Lipinski definition) is 6. The number of azide groups is 2. The van der Waals surface area contributed by atoms with Crippen molar-refractivity contribution in [3.63, 3.8) is 0 Å². The molecular weight excluding hydrogens is 282 g/mol. The average molecular weight is 292 g/mol. The summed E-state index contributed by atoms with van der Waals surface area (Å²) in [7, 11) is 0. The second-order valence-corrected chi connectivity index (χ2v) is 3.83. The molecule has 0 saturated carbocycles. The van der Waals surface area contributed by atoms with Crippen LogP contribution in [0.15, 0.2) is 10.2 Å². The van der Waals surface area contributed by atoms with Gasteiger partial charge in [0.1, 0.15) is 6.10 Å². The van der Waals surface area contributed by atoms with Crippen LogP contribution in [0.5, 0.6) is 0 Å². The average Bonchev–Trinajstić information content (AvgIpc) is 2.36. The van der Waals surface area contributed by atoms with Crippen LogP contribution in [-0.2, 0) is 14.3 Å². The fourth-order valence-electron chi connectivity index (χ4n) is 1.71. The van der Waals surface area contributed by atoms with Gasteiger partial charge in [-0.05, 0) is 11.1 Å². The van der Waals surface area contributed by atoms with Crippen LogP contribution in [0, 0.1) is 0 Å². The Kier molecular flexibility index (Phi) is 5.06. The second kappa shape index (κ2) is 6.35. The standard InChI is InChI=1S/C8H10F2N6O4/c1-3(17)19-6-4(2-13-15-11)20-7(18)5(14-16-12)8(6,9)10/h4-7,18H,2H2,1H3. The van der Waals surface area contributed by atoms with E-state index in [1.54, 1.807) is 0 Å². The third-order valence-electron chi connectivity index (χ3n) is 2.49. The highest BCUT2D eigenvalue weighted by atomic mass is 19.3. The van der Waals surface area contributed by atoms with Gasteiger partial charge in [0, 0.05) is 16.7 Å². The molecule has 110 valence electrons. The van der Waals surface area contributed by atoms with Crippen molar-refractivity contribution in [1.29, 1.82) is 0 Å². The first-order valence-corrected chi connectivity index (χ1v) is 5.28. The maximum atomic E-state index is 14.1. The van der Waals surface area contributed by atoms with Gasteiger partial charge in [-0.2, -0.15) is 0 Å². The maximum Gasteiger partial charge on any atom is 0.303 e. The summed E-state index contributed by atoms with van der Waals surface area (Å²) in [6.45, 7) is 0.304. The van der Waals surface area contributed by atoms with Gasteiger partial charge in [0.15, 0.2) is 18.4 Å². The van der Waals surface area contributed by atoms with E-state index in [4.69, 9.17) is 15.8 Å². The SMILES string of the molecule is CC(=O)OC1C(CN=[N+]=[N-])OC(O)C(N=[N+]=[N-])C1(F)F. The van der Waals surface area contributed by atoms with Crippen LogP contribution in [0.3, 0.4) is 0 Å². The molecule has 1 saturated heterocycles. The van der Waals surface area contributed by atoms with Crippen molar-refractivity contribution in [2.75, 3.05) is 6.54 Å². The number of hydrogen-bond donors (Lipinski definition) is 1. The number of nitrogens with zero attached hydrogens (tertiary/aromatic N) is 6. The van der Waals surface area contributed by atoms with Crippen molar-refractivity contribution < 1.29 is 28.2 Å². The van der Waals surface area contributed by atoms with Crippen LogP contribution < -0.4 is 0 Å². The molecule has 0 radical (unpaired) electrons. The first-order chi connectivity index (χ1) is 9.34. The van der Waals surface area contributed by atoms with Gasteiger partial charge in [-0.3, -0.25) is 4.79 Å². The van der Waals surface area contributed by atoms with Crippen LogP contribution in [0.2, 0.25) is 0 Å².